The van der Waals surface area contributed by atoms with E-state index in [1.54, 1.807) is 13.1 Å². The molecule has 104 valence electrons. The summed E-state index contributed by atoms with van der Waals surface area (Å²) < 4.78 is 0. The molecular weight excluding hydrogens is 236 g/mol. The average Bonchev–Trinajstić information content (AvgIpc) is 2.39. The Labute approximate surface area is 116 Å². The first-order valence-corrected chi connectivity index (χ1v) is 7.12. The van der Waals surface area contributed by atoms with Crippen LogP contribution in [0, 0.1) is 5.92 Å². The van der Waals surface area contributed by atoms with Crippen molar-refractivity contribution in [3.63, 3.8) is 0 Å². The molecule has 1 aliphatic heterocycles. The Morgan fingerprint density at radius 2 is 1.95 bits per heavy atom. The van der Waals surface area contributed by atoms with Crippen LogP contribution in [0.25, 0.3) is 0 Å². The molecule has 0 radical (unpaired) electrons. The fourth-order valence-electron chi connectivity index (χ4n) is 3.04. The van der Waals surface area contributed by atoms with Gasteiger partial charge in [-0.3, -0.25) is 9.78 Å². The monoisotopic (exact) mass is 260 g/mol. The third-order valence-corrected chi connectivity index (χ3v) is 4.66. The largest absolute Gasteiger partial charge is 0.306 e. The van der Waals surface area contributed by atoms with Gasteiger partial charge < -0.3 is 4.90 Å². The predicted octanol–water partition coefficient (Wildman–Crippen LogP) is 2.90. The maximum Gasteiger partial charge on any atom is 0.161 e. The maximum atomic E-state index is 11.3. The van der Waals surface area contributed by atoms with E-state index >= 15 is 0 Å². The molecule has 0 spiro atoms. The van der Waals surface area contributed by atoms with Gasteiger partial charge in [0.25, 0.3) is 0 Å². The smallest absolute Gasteiger partial charge is 0.161 e. The number of carbonyl (C=O) groups excluding carboxylic acids is 1. The Balaban J connectivity index is 2.31. The lowest BCUT2D eigenvalue weighted by Gasteiger charge is -2.43. The number of carbonyl (C=O) groups is 1. The summed E-state index contributed by atoms with van der Waals surface area (Å²) in [5.41, 5.74) is 2.03. The molecule has 1 saturated heterocycles. The molecule has 0 atom stereocenters. The quantitative estimate of drug-likeness (QED) is 0.783. The predicted molar refractivity (Wildman–Crippen MR) is 77.5 cm³/mol. The fourth-order valence-corrected chi connectivity index (χ4v) is 3.04. The normalized spacial score (nSPS) is 19.6. The number of likely N-dealkylation sites (tertiary alicyclic amines) is 1. The molecular formula is C16H24N2O. The van der Waals surface area contributed by atoms with Gasteiger partial charge in [-0.2, -0.15) is 0 Å². The highest BCUT2D eigenvalue weighted by Crippen LogP contribution is 2.40. The van der Waals surface area contributed by atoms with E-state index in [1.165, 1.54) is 0 Å². The number of hydrogen-bond donors (Lipinski definition) is 0. The van der Waals surface area contributed by atoms with Crippen LogP contribution < -0.4 is 0 Å². The molecule has 3 nitrogen and oxygen atoms in total. The first-order chi connectivity index (χ1) is 8.95. The SMILES string of the molecule is CC(=O)c1ccc(C2(C(C)C)CCN(C)CC2)nc1. The van der Waals surface area contributed by atoms with Gasteiger partial charge in [0.05, 0.1) is 0 Å². The summed E-state index contributed by atoms with van der Waals surface area (Å²) in [6.07, 6.45) is 4.03. The second kappa shape index (κ2) is 5.41. The summed E-state index contributed by atoms with van der Waals surface area (Å²) in [4.78, 5) is 18.3. The lowest BCUT2D eigenvalue weighted by Crippen LogP contribution is -2.44. The fraction of sp³-hybridized carbons (Fsp3) is 0.625. The maximum absolute atomic E-state index is 11.3. The van der Waals surface area contributed by atoms with Gasteiger partial charge in [-0.05, 0) is 58.0 Å². The van der Waals surface area contributed by atoms with Crippen molar-refractivity contribution < 1.29 is 4.79 Å². The molecule has 0 N–H and O–H groups in total. The van der Waals surface area contributed by atoms with Gasteiger partial charge in [0.1, 0.15) is 0 Å². The Kier molecular flexibility index (Phi) is 4.04. The van der Waals surface area contributed by atoms with E-state index in [1.807, 2.05) is 6.07 Å². The second-order valence-electron chi connectivity index (χ2n) is 6.10. The Morgan fingerprint density at radius 1 is 1.32 bits per heavy atom. The number of pyridine rings is 1. The van der Waals surface area contributed by atoms with Gasteiger partial charge in [-0.1, -0.05) is 13.8 Å². The van der Waals surface area contributed by atoms with Crippen molar-refractivity contribution in [1.82, 2.24) is 9.88 Å². The summed E-state index contributed by atoms with van der Waals surface area (Å²) in [5.74, 6) is 0.651. The van der Waals surface area contributed by atoms with E-state index in [9.17, 15) is 4.79 Å². The summed E-state index contributed by atoms with van der Waals surface area (Å²) >= 11 is 0. The van der Waals surface area contributed by atoms with Crippen LogP contribution in [-0.4, -0.2) is 35.8 Å². The van der Waals surface area contributed by atoms with Gasteiger partial charge in [0.2, 0.25) is 0 Å². The molecule has 0 aromatic carbocycles. The van der Waals surface area contributed by atoms with Crippen molar-refractivity contribution in [3.8, 4) is 0 Å². The molecule has 19 heavy (non-hydrogen) atoms. The molecule has 2 heterocycles. The molecule has 0 aliphatic carbocycles. The van der Waals surface area contributed by atoms with Crippen LogP contribution in [0.5, 0.6) is 0 Å². The Bertz CT molecular complexity index is 442. The molecule has 0 unspecified atom stereocenters. The summed E-state index contributed by atoms with van der Waals surface area (Å²) in [7, 11) is 2.18. The zero-order valence-corrected chi connectivity index (χ0v) is 12.4. The van der Waals surface area contributed by atoms with Gasteiger partial charge in [0, 0.05) is 22.9 Å². The molecule has 1 aromatic rings. The third-order valence-electron chi connectivity index (χ3n) is 4.66. The number of piperidine rings is 1. The zero-order chi connectivity index (χ0) is 14.0. The minimum Gasteiger partial charge on any atom is -0.306 e. The highest BCUT2D eigenvalue weighted by molar-refractivity contribution is 5.93. The molecule has 1 aliphatic rings. The molecule has 1 fully saturated rings. The first-order valence-electron chi connectivity index (χ1n) is 7.12. The lowest BCUT2D eigenvalue weighted by atomic mass is 9.67. The number of aromatic nitrogens is 1. The number of hydrogen-bond acceptors (Lipinski definition) is 3. The minimum atomic E-state index is 0.0843. The minimum absolute atomic E-state index is 0.0843. The third kappa shape index (κ3) is 2.71. The van der Waals surface area contributed by atoms with Crippen LogP contribution in [0.15, 0.2) is 18.3 Å². The molecule has 2 rings (SSSR count). The van der Waals surface area contributed by atoms with E-state index in [0.29, 0.717) is 11.5 Å². The Hall–Kier alpha value is -1.22. The first kappa shape index (κ1) is 14.2. The van der Waals surface area contributed by atoms with Gasteiger partial charge in [0.15, 0.2) is 5.78 Å². The highest BCUT2D eigenvalue weighted by Gasteiger charge is 2.39. The molecule has 0 amide bonds. The average molecular weight is 260 g/mol. The van der Waals surface area contributed by atoms with Gasteiger partial charge in [-0.25, -0.2) is 0 Å². The van der Waals surface area contributed by atoms with E-state index in [2.05, 4.69) is 36.8 Å². The summed E-state index contributed by atoms with van der Waals surface area (Å²) in [6, 6.07) is 3.98. The number of Topliss-reactive ketones (excluding diaryl/α,β-unsaturated/α-hetero) is 1. The van der Waals surface area contributed by atoms with Crippen molar-refractivity contribution in [2.75, 3.05) is 20.1 Å². The zero-order valence-electron chi connectivity index (χ0n) is 12.4. The molecule has 3 heteroatoms. The number of nitrogens with zero attached hydrogens (tertiary/aromatic N) is 2. The van der Waals surface area contributed by atoms with Crippen LogP contribution >= 0.6 is 0 Å². The van der Waals surface area contributed by atoms with Crippen molar-refractivity contribution >= 4 is 5.78 Å². The highest BCUT2D eigenvalue weighted by atomic mass is 16.1. The molecule has 1 aromatic heterocycles. The van der Waals surface area contributed by atoms with Gasteiger partial charge in [-0.15, -0.1) is 0 Å². The van der Waals surface area contributed by atoms with Crippen LogP contribution in [0.1, 0.15) is 49.7 Å². The van der Waals surface area contributed by atoms with Gasteiger partial charge >= 0.3 is 0 Å². The van der Waals surface area contributed by atoms with E-state index in [4.69, 9.17) is 0 Å². The van der Waals surface area contributed by atoms with Crippen LogP contribution in [0.3, 0.4) is 0 Å². The van der Waals surface area contributed by atoms with Crippen LogP contribution in [0.4, 0.5) is 0 Å². The standard InChI is InChI=1S/C16H24N2O/c1-12(2)16(7-9-18(4)10-8-16)15-6-5-14(11-17-15)13(3)19/h5-6,11-12H,7-10H2,1-4H3. The van der Waals surface area contributed by atoms with Crippen molar-refractivity contribution in [3.05, 3.63) is 29.6 Å². The number of rotatable bonds is 3. The van der Waals surface area contributed by atoms with Crippen LogP contribution in [0.2, 0.25) is 0 Å². The molecule has 0 bridgehead atoms. The van der Waals surface area contributed by atoms with E-state index in [-0.39, 0.29) is 11.2 Å². The van der Waals surface area contributed by atoms with E-state index < -0.39 is 0 Å². The molecule has 0 saturated carbocycles. The van der Waals surface area contributed by atoms with Crippen LogP contribution in [-0.2, 0) is 5.41 Å². The second-order valence-corrected chi connectivity index (χ2v) is 6.10. The summed E-state index contributed by atoms with van der Waals surface area (Å²) in [6.45, 7) is 8.39. The Morgan fingerprint density at radius 3 is 2.37 bits per heavy atom. The topological polar surface area (TPSA) is 33.2 Å². The van der Waals surface area contributed by atoms with Crippen molar-refractivity contribution in [2.24, 2.45) is 5.92 Å². The van der Waals surface area contributed by atoms with Crippen molar-refractivity contribution in [1.29, 1.82) is 0 Å². The number of ketones is 1. The van der Waals surface area contributed by atoms with E-state index in [0.717, 1.165) is 31.6 Å². The summed E-state index contributed by atoms with van der Waals surface area (Å²) in [5, 5.41) is 0. The lowest BCUT2D eigenvalue weighted by molar-refractivity contribution is 0.101. The van der Waals surface area contributed by atoms with Crippen molar-refractivity contribution in [2.45, 2.75) is 39.0 Å².